The van der Waals surface area contributed by atoms with Crippen LogP contribution in [0.4, 0.5) is 0 Å². The van der Waals surface area contributed by atoms with E-state index >= 15 is 0 Å². The van der Waals surface area contributed by atoms with E-state index in [4.69, 9.17) is 17.8 Å². The Kier molecular flexibility index (Phi) is 5.33. The zero-order chi connectivity index (χ0) is 25.5. The lowest BCUT2D eigenvalue weighted by Crippen LogP contribution is -2.01. The first-order chi connectivity index (χ1) is 18.7. The lowest BCUT2D eigenvalue weighted by molar-refractivity contribution is 1.15. The van der Waals surface area contributed by atoms with Crippen LogP contribution in [0.15, 0.2) is 128 Å². The van der Waals surface area contributed by atoms with Gasteiger partial charge in [0.25, 0.3) is 0 Å². The van der Waals surface area contributed by atoms with E-state index in [1.54, 1.807) is 0 Å². The van der Waals surface area contributed by atoms with Gasteiger partial charge in [-0.2, -0.15) is 0 Å². The Hall–Kier alpha value is -5.03. The molecule has 0 saturated carbocycles. The number of pyridine rings is 1. The van der Waals surface area contributed by atoms with Gasteiger partial charge in [-0.1, -0.05) is 90.4 Å². The summed E-state index contributed by atoms with van der Waals surface area (Å²) in [5.41, 5.74) is 9.54. The minimum absolute atomic E-state index is 0.676. The molecule has 0 atom stereocenters. The van der Waals surface area contributed by atoms with Crippen LogP contribution in [0.2, 0.25) is 0 Å². The van der Waals surface area contributed by atoms with Crippen LogP contribution >= 0.6 is 0 Å². The second-order valence-electron chi connectivity index (χ2n) is 9.23. The summed E-state index contributed by atoms with van der Waals surface area (Å²) in [6, 6.07) is 40.9. The molecule has 0 unspecified atom stereocenters. The third-order valence-corrected chi connectivity index (χ3v) is 6.77. The van der Waals surface area contributed by atoms with Crippen LogP contribution in [0.3, 0.4) is 0 Å². The van der Waals surface area contributed by atoms with E-state index in [1.165, 1.54) is 0 Å². The van der Waals surface area contributed by atoms with Crippen molar-refractivity contribution in [1.82, 2.24) is 19.5 Å². The van der Waals surface area contributed by atoms with Gasteiger partial charge >= 0.3 is 0 Å². The Morgan fingerprint density at radius 2 is 1.24 bits per heavy atom. The molecule has 0 N–H and O–H groups in total. The number of nitrogens with zero attached hydrogens (tertiary/aromatic N) is 4. The van der Waals surface area contributed by atoms with Crippen molar-refractivity contribution >= 4 is 35.2 Å². The minimum atomic E-state index is 0.676. The number of hydrogen-bond donors (Lipinski definition) is 0. The lowest BCUT2D eigenvalue weighted by Gasteiger charge is -2.12. The smallest absolute Gasteiger partial charge is 0.160 e. The molecule has 0 fully saturated rings. The quantitative estimate of drug-likeness (QED) is 0.259. The Balaban J connectivity index is 1.44. The highest BCUT2D eigenvalue weighted by Gasteiger charge is 2.15. The maximum Gasteiger partial charge on any atom is 0.160 e. The average molecular weight is 484 g/mol. The number of fused-ring (bicyclic) bond motifs is 3. The van der Waals surface area contributed by atoms with Gasteiger partial charge in [-0.05, 0) is 36.4 Å². The fourth-order valence-corrected chi connectivity index (χ4v) is 5.01. The minimum Gasteiger partial charge on any atom is -0.308 e. The van der Waals surface area contributed by atoms with Crippen LogP contribution in [0.1, 0.15) is 0 Å². The van der Waals surface area contributed by atoms with Gasteiger partial charge in [0.15, 0.2) is 5.82 Å². The van der Waals surface area contributed by atoms with Gasteiger partial charge in [0, 0.05) is 34.0 Å². The van der Waals surface area contributed by atoms with Gasteiger partial charge < -0.3 is 4.57 Å². The second kappa shape index (κ2) is 9.13. The topological polar surface area (TPSA) is 43.6 Å². The molecule has 4 nitrogen and oxygen atoms in total. The SMILES string of the molecule is [B]c1ccc2c(c1)c1ncccc1n2-c1cccc(-c2nc(-c3ccccc3)cc(-c3ccccc3)n2)c1. The molecule has 5 heteroatoms. The van der Waals surface area contributed by atoms with Crippen molar-refractivity contribution < 1.29 is 0 Å². The molecule has 3 heterocycles. The fourth-order valence-electron chi connectivity index (χ4n) is 5.01. The lowest BCUT2D eigenvalue weighted by atomic mass is 9.95. The number of benzene rings is 4. The van der Waals surface area contributed by atoms with Gasteiger partial charge in [-0.15, -0.1) is 0 Å². The molecule has 0 bridgehead atoms. The molecular weight excluding hydrogens is 463 g/mol. The van der Waals surface area contributed by atoms with Gasteiger partial charge in [-0.3, -0.25) is 4.98 Å². The van der Waals surface area contributed by atoms with Crippen molar-refractivity contribution in [3.05, 3.63) is 128 Å². The second-order valence-corrected chi connectivity index (χ2v) is 9.23. The summed E-state index contributed by atoms with van der Waals surface area (Å²) >= 11 is 0. The molecule has 2 radical (unpaired) electrons. The molecule has 7 aromatic rings. The van der Waals surface area contributed by atoms with Crippen LogP contribution < -0.4 is 5.46 Å². The van der Waals surface area contributed by atoms with Crippen LogP contribution in [-0.4, -0.2) is 27.4 Å². The molecule has 0 aliphatic rings. The third-order valence-electron chi connectivity index (χ3n) is 6.77. The first-order valence-electron chi connectivity index (χ1n) is 12.5. The van der Waals surface area contributed by atoms with E-state index in [1.807, 2.05) is 60.8 Å². The van der Waals surface area contributed by atoms with Crippen LogP contribution in [-0.2, 0) is 0 Å². The Labute approximate surface area is 221 Å². The average Bonchev–Trinajstić information content (AvgIpc) is 3.31. The van der Waals surface area contributed by atoms with Crippen LogP contribution in [0.25, 0.3) is 61.5 Å². The molecule has 0 aliphatic carbocycles. The molecule has 0 spiro atoms. The molecule has 0 amide bonds. The van der Waals surface area contributed by atoms with Gasteiger partial charge in [0.1, 0.15) is 7.85 Å². The van der Waals surface area contributed by atoms with E-state index in [9.17, 15) is 0 Å². The number of aromatic nitrogens is 4. The summed E-state index contributed by atoms with van der Waals surface area (Å²) < 4.78 is 2.22. The zero-order valence-corrected chi connectivity index (χ0v) is 20.5. The van der Waals surface area contributed by atoms with Crippen molar-refractivity contribution in [2.24, 2.45) is 0 Å². The standard InChI is InChI=1S/C33H21BN4/c34-25-16-17-30-27(20-25)32-31(15-8-18-35-32)38(30)26-14-7-13-24(19-26)33-36-28(22-9-3-1-4-10-22)21-29(37-33)23-11-5-2-6-12-23/h1-21H. The molecular formula is C33H21BN4. The predicted octanol–water partition coefficient (Wildman–Crippen LogP) is 6.76. The summed E-state index contributed by atoms with van der Waals surface area (Å²) in [5.74, 6) is 0.676. The molecule has 38 heavy (non-hydrogen) atoms. The normalized spacial score (nSPS) is 11.3. The fraction of sp³-hybridized carbons (Fsp3) is 0. The monoisotopic (exact) mass is 484 g/mol. The Bertz CT molecular complexity index is 1870. The summed E-state index contributed by atoms with van der Waals surface area (Å²) in [5, 5.41) is 1.03. The number of hydrogen-bond acceptors (Lipinski definition) is 3. The van der Waals surface area contributed by atoms with Crippen molar-refractivity contribution in [1.29, 1.82) is 0 Å². The van der Waals surface area contributed by atoms with Crippen molar-refractivity contribution in [3.63, 3.8) is 0 Å². The van der Waals surface area contributed by atoms with Crippen molar-refractivity contribution in [2.45, 2.75) is 0 Å². The van der Waals surface area contributed by atoms with E-state index in [0.29, 0.717) is 5.82 Å². The van der Waals surface area contributed by atoms with E-state index in [0.717, 1.165) is 61.2 Å². The molecule has 4 aromatic carbocycles. The number of rotatable bonds is 4. The summed E-state index contributed by atoms with van der Waals surface area (Å²) in [4.78, 5) is 14.7. The Morgan fingerprint density at radius 1 is 0.553 bits per heavy atom. The maximum atomic E-state index is 6.13. The highest BCUT2D eigenvalue weighted by Crippen LogP contribution is 2.32. The predicted molar refractivity (Wildman–Crippen MR) is 156 cm³/mol. The molecule has 0 aliphatic heterocycles. The van der Waals surface area contributed by atoms with Gasteiger partial charge in [0.05, 0.1) is 27.9 Å². The van der Waals surface area contributed by atoms with Crippen LogP contribution in [0.5, 0.6) is 0 Å². The Morgan fingerprint density at radius 3 is 1.95 bits per heavy atom. The third kappa shape index (κ3) is 3.85. The first-order valence-corrected chi connectivity index (χ1v) is 12.5. The van der Waals surface area contributed by atoms with Gasteiger partial charge in [0.2, 0.25) is 0 Å². The van der Waals surface area contributed by atoms with E-state index < -0.39 is 0 Å². The summed E-state index contributed by atoms with van der Waals surface area (Å²) in [7, 11) is 6.13. The van der Waals surface area contributed by atoms with Crippen molar-refractivity contribution in [3.8, 4) is 39.6 Å². The molecule has 176 valence electrons. The van der Waals surface area contributed by atoms with Crippen molar-refractivity contribution in [2.75, 3.05) is 0 Å². The highest BCUT2D eigenvalue weighted by atomic mass is 15.0. The molecule has 0 saturated heterocycles. The zero-order valence-electron chi connectivity index (χ0n) is 20.5. The largest absolute Gasteiger partial charge is 0.308 e. The summed E-state index contributed by atoms with van der Waals surface area (Å²) in [6.07, 6.45) is 1.82. The van der Waals surface area contributed by atoms with Gasteiger partial charge in [-0.25, -0.2) is 9.97 Å². The van der Waals surface area contributed by atoms with E-state index in [2.05, 4.69) is 76.3 Å². The van der Waals surface area contributed by atoms with E-state index in [-0.39, 0.29) is 0 Å². The highest BCUT2D eigenvalue weighted by molar-refractivity contribution is 6.33. The molecule has 3 aromatic heterocycles. The maximum absolute atomic E-state index is 6.13. The summed E-state index contributed by atoms with van der Waals surface area (Å²) in [6.45, 7) is 0. The first kappa shape index (κ1) is 22.2. The molecule has 7 rings (SSSR count). The van der Waals surface area contributed by atoms with Crippen LogP contribution in [0, 0.1) is 0 Å².